The molecule has 8 heteroatoms. The zero-order chi connectivity index (χ0) is 20.2. The Bertz CT molecular complexity index is 724. The Hall–Kier alpha value is -1.94. The van der Waals surface area contributed by atoms with Gasteiger partial charge in [-0.15, -0.1) is 24.0 Å². The Kier molecular flexibility index (Phi) is 12.2. The van der Waals surface area contributed by atoms with E-state index in [1.165, 1.54) is 12.1 Å². The minimum atomic E-state index is -0.300. The fourth-order valence-electron chi connectivity index (χ4n) is 2.27. The lowest BCUT2D eigenvalue weighted by Crippen LogP contribution is -2.38. The van der Waals surface area contributed by atoms with Crippen molar-refractivity contribution in [3.05, 3.63) is 54.0 Å². The predicted molar refractivity (Wildman–Crippen MR) is 125 cm³/mol. The highest BCUT2D eigenvalue weighted by Gasteiger charge is 2.02. The number of guanidine groups is 1. The van der Waals surface area contributed by atoms with Crippen molar-refractivity contribution >= 4 is 29.9 Å². The Morgan fingerprint density at radius 2 is 1.86 bits per heavy atom. The van der Waals surface area contributed by atoms with Crippen molar-refractivity contribution in [2.45, 2.75) is 26.8 Å². The van der Waals surface area contributed by atoms with Crippen LogP contribution in [0.5, 0.6) is 11.6 Å². The third-order valence-corrected chi connectivity index (χ3v) is 3.90. The molecule has 0 aliphatic heterocycles. The summed E-state index contributed by atoms with van der Waals surface area (Å²) in [5.41, 5.74) is 0.989. The largest absolute Gasteiger partial charge is 0.439 e. The lowest BCUT2D eigenvalue weighted by atomic mass is 10.1. The van der Waals surface area contributed by atoms with E-state index in [0.29, 0.717) is 43.2 Å². The van der Waals surface area contributed by atoms with Gasteiger partial charge in [-0.1, -0.05) is 19.9 Å². The number of nitrogens with one attached hydrogen (secondary N) is 2. The van der Waals surface area contributed by atoms with Crippen LogP contribution >= 0.6 is 24.0 Å². The fourth-order valence-corrected chi connectivity index (χ4v) is 2.27. The second-order valence-electron chi connectivity index (χ2n) is 6.71. The molecule has 0 radical (unpaired) electrons. The lowest BCUT2D eigenvalue weighted by Gasteiger charge is -2.12. The van der Waals surface area contributed by atoms with Crippen molar-refractivity contribution in [2.75, 3.05) is 26.8 Å². The van der Waals surface area contributed by atoms with Crippen molar-refractivity contribution < 1.29 is 13.9 Å². The van der Waals surface area contributed by atoms with Gasteiger partial charge in [-0.2, -0.15) is 0 Å². The molecule has 0 unspecified atom stereocenters. The number of aliphatic imine (C=N–C) groups is 1. The zero-order valence-electron chi connectivity index (χ0n) is 17.2. The molecule has 1 aromatic heterocycles. The molecule has 2 N–H and O–H groups in total. The Labute approximate surface area is 189 Å². The van der Waals surface area contributed by atoms with Gasteiger partial charge in [-0.25, -0.2) is 9.37 Å². The number of pyridine rings is 1. The predicted octanol–water partition coefficient (Wildman–Crippen LogP) is 4.36. The molecule has 29 heavy (non-hydrogen) atoms. The molecule has 0 aliphatic rings. The summed E-state index contributed by atoms with van der Waals surface area (Å²) in [5, 5.41) is 6.45. The van der Waals surface area contributed by atoms with E-state index in [-0.39, 0.29) is 29.8 Å². The highest BCUT2D eigenvalue weighted by molar-refractivity contribution is 14.0. The molecule has 2 rings (SSSR count). The monoisotopic (exact) mass is 516 g/mol. The van der Waals surface area contributed by atoms with E-state index in [1.54, 1.807) is 31.4 Å². The topological polar surface area (TPSA) is 67.8 Å². The van der Waals surface area contributed by atoms with Gasteiger partial charge in [-0.3, -0.25) is 4.99 Å². The van der Waals surface area contributed by atoms with Gasteiger partial charge in [0.15, 0.2) is 5.96 Å². The average Bonchev–Trinajstić information content (AvgIpc) is 2.69. The maximum Gasteiger partial charge on any atom is 0.219 e. The first-order chi connectivity index (χ1) is 13.6. The summed E-state index contributed by atoms with van der Waals surface area (Å²) in [6.07, 6.45) is 2.80. The molecule has 0 saturated heterocycles. The minimum absolute atomic E-state index is 0. The van der Waals surface area contributed by atoms with Gasteiger partial charge in [-0.05, 0) is 42.2 Å². The first kappa shape index (κ1) is 25.1. The van der Waals surface area contributed by atoms with E-state index < -0.39 is 0 Å². The van der Waals surface area contributed by atoms with E-state index in [2.05, 4.69) is 34.5 Å². The van der Waals surface area contributed by atoms with Crippen LogP contribution in [-0.2, 0) is 11.3 Å². The lowest BCUT2D eigenvalue weighted by molar-refractivity contribution is 0.128. The average molecular weight is 516 g/mol. The van der Waals surface area contributed by atoms with Crippen molar-refractivity contribution in [1.29, 1.82) is 0 Å². The number of hydrogen-bond donors (Lipinski definition) is 2. The van der Waals surface area contributed by atoms with Crippen molar-refractivity contribution in [1.82, 2.24) is 15.6 Å². The van der Waals surface area contributed by atoms with Gasteiger partial charge in [0.1, 0.15) is 11.6 Å². The third-order valence-electron chi connectivity index (χ3n) is 3.90. The maximum absolute atomic E-state index is 12.9. The highest BCUT2D eigenvalue weighted by Crippen LogP contribution is 2.19. The number of rotatable bonds is 10. The van der Waals surface area contributed by atoms with Crippen molar-refractivity contribution in [3.8, 4) is 11.6 Å². The summed E-state index contributed by atoms with van der Waals surface area (Å²) in [6, 6.07) is 9.52. The quantitative estimate of drug-likeness (QED) is 0.213. The van der Waals surface area contributed by atoms with Gasteiger partial charge in [0.25, 0.3) is 0 Å². The molecule has 0 saturated carbocycles. The molecule has 0 atom stereocenters. The van der Waals surface area contributed by atoms with Gasteiger partial charge >= 0.3 is 0 Å². The molecule has 2 aromatic rings. The summed E-state index contributed by atoms with van der Waals surface area (Å²) in [6.45, 7) is 7.07. The third kappa shape index (κ3) is 10.4. The molecule has 1 heterocycles. The SMILES string of the molecule is CN=C(NCCOCCC(C)C)NCc1ccc(Oc2ccc(F)cc2)nc1.I. The van der Waals surface area contributed by atoms with Crippen LogP contribution in [0.1, 0.15) is 25.8 Å². The Morgan fingerprint density at radius 1 is 1.10 bits per heavy atom. The fraction of sp³-hybridized carbons (Fsp3) is 0.429. The van der Waals surface area contributed by atoms with Crippen LogP contribution in [0.2, 0.25) is 0 Å². The number of aromatic nitrogens is 1. The molecule has 6 nitrogen and oxygen atoms in total. The number of ether oxygens (including phenoxy) is 2. The van der Waals surface area contributed by atoms with Crippen molar-refractivity contribution in [3.63, 3.8) is 0 Å². The second-order valence-corrected chi connectivity index (χ2v) is 6.71. The minimum Gasteiger partial charge on any atom is -0.439 e. The number of nitrogens with zero attached hydrogens (tertiary/aromatic N) is 2. The first-order valence-electron chi connectivity index (χ1n) is 9.47. The number of hydrogen-bond acceptors (Lipinski definition) is 4. The summed E-state index contributed by atoms with van der Waals surface area (Å²) in [5.74, 6) is 2.06. The molecule has 0 amide bonds. The van der Waals surface area contributed by atoms with E-state index in [4.69, 9.17) is 9.47 Å². The van der Waals surface area contributed by atoms with Crippen molar-refractivity contribution in [2.24, 2.45) is 10.9 Å². The van der Waals surface area contributed by atoms with Gasteiger partial charge in [0.2, 0.25) is 5.88 Å². The Balaban J connectivity index is 0.00000420. The van der Waals surface area contributed by atoms with Crippen LogP contribution in [0.3, 0.4) is 0 Å². The molecular formula is C21H30FIN4O2. The van der Waals surface area contributed by atoms with E-state index in [1.807, 2.05) is 6.07 Å². The normalized spacial score (nSPS) is 11.1. The molecule has 0 fully saturated rings. The molecule has 0 bridgehead atoms. The first-order valence-corrected chi connectivity index (χ1v) is 9.47. The molecule has 160 valence electrons. The smallest absolute Gasteiger partial charge is 0.219 e. The summed E-state index contributed by atoms with van der Waals surface area (Å²) < 4.78 is 24.1. The van der Waals surface area contributed by atoms with Crippen LogP contribution in [0.15, 0.2) is 47.6 Å². The number of benzene rings is 1. The Morgan fingerprint density at radius 3 is 2.48 bits per heavy atom. The highest BCUT2D eigenvalue weighted by atomic mass is 127. The van der Waals surface area contributed by atoms with Crippen LogP contribution in [0, 0.1) is 11.7 Å². The van der Waals surface area contributed by atoms with E-state index in [9.17, 15) is 4.39 Å². The number of halogens is 2. The van der Waals surface area contributed by atoms with Crippen LogP contribution in [-0.4, -0.2) is 37.7 Å². The molecule has 0 spiro atoms. The van der Waals surface area contributed by atoms with E-state index >= 15 is 0 Å². The van der Waals surface area contributed by atoms with Crippen LogP contribution in [0.4, 0.5) is 4.39 Å². The zero-order valence-corrected chi connectivity index (χ0v) is 19.5. The van der Waals surface area contributed by atoms with Crippen LogP contribution < -0.4 is 15.4 Å². The molecular weight excluding hydrogens is 486 g/mol. The van der Waals surface area contributed by atoms with Gasteiger partial charge in [0.05, 0.1) is 6.61 Å². The summed E-state index contributed by atoms with van der Waals surface area (Å²) in [4.78, 5) is 8.47. The van der Waals surface area contributed by atoms with Crippen LogP contribution in [0.25, 0.3) is 0 Å². The van der Waals surface area contributed by atoms with Gasteiger partial charge < -0.3 is 20.1 Å². The summed E-state index contributed by atoms with van der Waals surface area (Å²) in [7, 11) is 1.73. The second kappa shape index (κ2) is 14.1. The molecule has 1 aromatic carbocycles. The van der Waals surface area contributed by atoms with Gasteiger partial charge in [0, 0.05) is 39.0 Å². The summed E-state index contributed by atoms with van der Waals surface area (Å²) >= 11 is 0. The standard InChI is InChI=1S/C21H29FN4O2.HI/c1-16(2)10-12-27-13-11-24-21(23-3)26-15-17-4-9-20(25-14-17)28-19-7-5-18(22)6-8-19;/h4-9,14,16H,10-13,15H2,1-3H3,(H2,23,24,26);1H. The maximum atomic E-state index is 12.9. The molecule has 0 aliphatic carbocycles. The van der Waals surface area contributed by atoms with E-state index in [0.717, 1.165) is 18.6 Å².